The Labute approximate surface area is 427 Å². The number of carboxylic acid groups (broad SMARTS) is 2. The summed E-state index contributed by atoms with van der Waals surface area (Å²) in [7, 11) is 0. The predicted octanol–water partition coefficient (Wildman–Crippen LogP) is -0.174. The van der Waals surface area contributed by atoms with Crippen LogP contribution >= 0.6 is 0 Å². The molecule has 1 aromatic rings. The lowest BCUT2D eigenvalue weighted by Crippen LogP contribution is -2.61. The quantitative estimate of drug-likeness (QED) is 0.0477. The van der Waals surface area contributed by atoms with Gasteiger partial charge in [0.15, 0.2) is 0 Å². The summed E-state index contributed by atoms with van der Waals surface area (Å²) >= 11 is 0. The van der Waals surface area contributed by atoms with Crippen molar-refractivity contribution in [3.05, 3.63) is 35.9 Å². The molecular weight excluding hydrogens is 949 g/mol. The van der Waals surface area contributed by atoms with E-state index in [2.05, 4.69) is 37.2 Å². The Kier molecular flexibility index (Phi) is 25.5. The van der Waals surface area contributed by atoms with Gasteiger partial charge in [0.2, 0.25) is 53.2 Å². The smallest absolute Gasteiger partial charge is 0.326 e. The van der Waals surface area contributed by atoms with E-state index in [1.54, 1.807) is 71.9 Å². The Morgan fingerprint density at radius 2 is 1.03 bits per heavy atom. The zero-order chi connectivity index (χ0) is 55.4. The molecule has 0 spiro atoms. The third-order valence-electron chi connectivity index (χ3n) is 12.0. The van der Waals surface area contributed by atoms with E-state index in [-0.39, 0.29) is 50.0 Å². The molecule has 1 aromatic carbocycles. The van der Waals surface area contributed by atoms with E-state index in [1.807, 2.05) is 27.7 Å². The van der Waals surface area contributed by atoms with Crippen LogP contribution in [0.25, 0.3) is 0 Å². The van der Waals surface area contributed by atoms with E-state index in [9.17, 15) is 63.0 Å². The molecule has 1 saturated heterocycles. The van der Waals surface area contributed by atoms with Gasteiger partial charge in [0.1, 0.15) is 48.3 Å². The van der Waals surface area contributed by atoms with Crippen LogP contribution in [0.5, 0.6) is 0 Å². The van der Waals surface area contributed by atoms with E-state index in [0.29, 0.717) is 18.4 Å². The molecule has 0 saturated carbocycles. The lowest BCUT2D eigenvalue weighted by molar-refractivity contribution is -0.144. The number of nitrogens with one attached hydrogen (secondary N) is 7. The fraction of sp³-hybridized carbons (Fsp3) is 0.660. The standard InChI is InChI=1S/C50H80N10O13/c1-25(2)19-31(51)42(64)53-32(20-26(3)4)43(65)54-33(22-30-15-12-11-13-16-30)44(66)55-35(24-39(62)63)46(68)59-41(29(9)10)49(71)60-18-14-17-37(60)47(69)56-34(23-38(52)61)45(67)58-40(28(7)8)48(70)57-36(50(72)73)21-27(5)6/h11-13,15-16,25-29,31-37,40-41H,14,17-24,51H2,1-10H3,(H2,52,61)(H,53,64)(H,54,65)(H,55,66)(H,56,69)(H,57,70)(H,58,67)(H,59,68)(H,62,63)(H,72,73)/t31-,32-,33-,34-,35-,36-,37-,40-,41-/m0/s1. The summed E-state index contributed by atoms with van der Waals surface area (Å²) in [5.74, 6) is -11.8. The number of amides is 9. The molecule has 0 aromatic heterocycles. The largest absolute Gasteiger partial charge is 0.481 e. The van der Waals surface area contributed by atoms with Gasteiger partial charge in [-0.05, 0) is 67.3 Å². The monoisotopic (exact) mass is 1030 g/mol. The fourth-order valence-corrected chi connectivity index (χ4v) is 8.25. The molecule has 73 heavy (non-hydrogen) atoms. The van der Waals surface area contributed by atoms with Crippen molar-refractivity contribution in [2.75, 3.05) is 6.54 Å². The molecular formula is C50H80N10O13. The SMILES string of the molecule is CC(C)C[C@H](NC(=O)[C@@H](NC(=O)[C@H](CC(N)=O)NC(=O)[C@@H]1CCCN1C(=O)[C@@H](NC(=O)[C@H](CC(=O)O)NC(=O)[C@H](Cc1ccccc1)NC(=O)[C@H](CC(C)C)NC(=O)[C@@H](N)CC(C)C)C(C)C)C(C)C)C(=O)O. The average Bonchev–Trinajstić information content (AvgIpc) is 3.78. The summed E-state index contributed by atoms with van der Waals surface area (Å²) in [6.07, 6.45) is -0.749. The Bertz CT molecular complexity index is 2100. The highest BCUT2D eigenvalue weighted by Crippen LogP contribution is 2.22. The summed E-state index contributed by atoms with van der Waals surface area (Å²) < 4.78 is 0. The second-order valence-corrected chi connectivity index (χ2v) is 20.7. The lowest BCUT2D eigenvalue weighted by Gasteiger charge is -2.32. The minimum Gasteiger partial charge on any atom is -0.481 e. The number of carboxylic acids is 2. The van der Waals surface area contributed by atoms with Gasteiger partial charge in [-0.15, -0.1) is 0 Å². The van der Waals surface area contributed by atoms with Gasteiger partial charge in [0.05, 0.1) is 18.9 Å². The Morgan fingerprint density at radius 3 is 1.53 bits per heavy atom. The van der Waals surface area contributed by atoms with Gasteiger partial charge in [-0.2, -0.15) is 0 Å². The number of carbonyl (C=O) groups is 11. The minimum atomic E-state index is -1.79. The van der Waals surface area contributed by atoms with Crippen molar-refractivity contribution in [2.24, 2.45) is 41.1 Å². The third-order valence-corrected chi connectivity index (χ3v) is 12.0. The molecule has 23 heteroatoms. The number of hydrogen-bond donors (Lipinski definition) is 11. The van der Waals surface area contributed by atoms with Gasteiger partial charge in [0.25, 0.3) is 0 Å². The first-order chi connectivity index (χ1) is 34.0. The number of rotatable bonds is 30. The summed E-state index contributed by atoms with van der Waals surface area (Å²) in [5.41, 5.74) is 12.2. The van der Waals surface area contributed by atoms with Gasteiger partial charge in [-0.25, -0.2) is 4.79 Å². The van der Waals surface area contributed by atoms with Gasteiger partial charge in [-0.1, -0.05) is 99.6 Å². The maximum Gasteiger partial charge on any atom is 0.326 e. The van der Waals surface area contributed by atoms with Gasteiger partial charge in [-0.3, -0.25) is 47.9 Å². The fourth-order valence-electron chi connectivity index (χ4n) is 8.25. The molecule has 0 radical (unpaired) electrons. The number of nitrogens with zero attached hydrogens (tertiary/aromatic N) is 1. The Hall–Kier alpha value is -6.65. The van der Waals surface area contributed by atoms with Crippen LogP contribution in [0.3, 0.4) is 0 Å². The second kappa shape index (κ2) is 29.8. The molecule has 9 atom stereocenters. The van der Waals surface area contributed by atoms with Crippen molar-refractivity contribution in [2.45, 2.75) is 175 Å². The molecule has 408 valence electrons. The number of aliphatic carboxylic acids is 2. The molecule has 23 nitrogen and oxygen atoms in total. The highest BCUT2D eigenvalue weighted by Gasteiger charge is 2.42. The molecule has 0 unspecified atom stereocenters. The number of benzene rings is 1. The highest BCUT2D eigenvalue weighted by atomic mass is 16.4. The van der Waals surface area contributed by atoms with E-state index in [1.165, 1.54) is 4.90 Å². The van der Waals surface area contributed by atoms with Crippen molar-refractivity contribution in [3.63, 3.8) is 0 Å². The number of likely N-dealkylation sites (tertiary alicyclic amines) is 1. The van der Waals surface area contributed by atoms with Crippen LogP contribution in [-0.2, 0) is 59.2 Å². The summed E-state index contributed by atoms with van der Waals surface area (Å²) in [5, 5.41) is 37.3. The Balaban J connectivity index is 2.38. The van der Waals surface area contributed by atoms with E-state index >= 15 is 0 Å². The molecule has 1 aliphatic rings. The van der Waals surface area contributed by atoms with Crippen molar-refractivity contribution < 1.29 is 63.0 Å². The summed E-state index contributed by atoms with van der Waals surface area (Å²) in [6.45, 7) is 17.4. The second-order valence-electron chi connectivity index (χ2n) is 20.7. The first-order valence-corrected chi connectivity index (χ1v) is 25.0. The van der Waals surface area contributed by atoms with Crippen LogP contribution in [0.1, 0.15) is 120 Å². The van der Waals surface area contributed by atoms with Gasteiger partial charge in [0, 0.05) is 13.0 Å². The highest BCUT2D eigenvalue weighted by molar-refractivity contribution is 6.00. The number of hydrogen-bond acceptors (Lipinski definition) is 12. The minimum absolute atomic E-state index is 0.0114. The third kappa shape index (κ3) is 21.2. The first kappa shape index (κ1) is 62.5. The van der Waals surface area contributed by atoms with Crippen molar-refractivity contribution in [1.29, 1.82) is 0 Å². The molecule has 1 aliphatic heterocycles. The van der Waals surface area contributed by atoms with E-state index in [0.717, 1.165) is 0 Å². The van der Waals surface area contributed by atoms with Crippen LogP contribution in [-0.4, -0.2) is 141 Å². The molecule has 13 N–H and O–H groups in total. The van der Waals surface area contributed by atoms with Crippen LogP contribution in [0, 0.1) is 29.6 Å². The van der Waals surface area contributed by atoms with Gasteiger partial charge < -0.3 is 63.8 Å². The van der Waals surface area contributed by atoms with E-state index < -0.39 is 144 Å². The zero-order valence-electron chi connectivity index (χ0n) is 43.8. The van der Waals surface area contributed by atoms with Gasteiger partial charge >= 0.3 is 11.9 Å². The lowest BCUT2D eigenvalue weighted by atomic mass is 9.99. The number of carbonyl (C=O) groups excluding carboxylic acids is 9. The summed E-state index contributed by atoms with van der Waals surface area (Å²) in [4.78, 5) is 148. The molecule has 0 bridgehead atoms. The maximum absolute atomic E-state index is 14.3. The van der Waals surface area contributed by atoms with Crippen molar-refractivity contribution in [1.82, 2.24) is 42.1 Å². The molecule has 1 fully saturated rings. The normalized spacial score (nSPS) is 16.8. The number of primary amides is 1. The van der Waals surface area contributed by atoms with Crippen LogP contribution in [0.4, 0.5) is 0 Å². The first-order valence-electron chi connectivity index (χ1n) is 25.0. The predicted molar refractivity (Wildman–Crippen MR) is 268 cm³/mol. The summed E-state index contributed by atoms with van der Waals surface area (Å²) in [6, 6.07) is -3.47. The average molecular weight is 1030 g/mol. The molecule has 1 heterocycles. The van der Waals surface area contributed by atoms with Crippen molar-refractivity contribution in [3.8, 4) is 0 Å². The Morgan fingerprint density at radius 1 is 0.562 bits per heavy atom. The zero-order valence-corrected chi connectivity index (χ0v) is 43.8. The van der Waals surface area contributed by atoms with Crippen LogP contribution in [0.15, 0.2) is 30.3 Å². The molecule has 2 rings (SSSR count). The number of nitrogens with two attached hydrogens (primary N) is 2. The van der Waals surface area contributed by atoms with Crippen molar-refractivity contribution >= 4 is 65.1 Å². The van der Waals surface area contributed by atoms with E-state index in [4.69, 9.17) is 11.5 Å². The molecule has 9 amide bonds. The topological polar surface area (TPSA) is 368 Å². The molecule has 0 aliphatic carbocycles. The van der Waals surface area contributed by atoms with Crippen LogP contribution in [0.2, 0.25) is 0 Å². The van der Waals surface area contributed by atoms with Crippen LogP contribution < -0.4 is 48.7 Å². The maximum atomic E-state index is 14.3.